The molecule has 0 aliphatic rings. The highest BCUT2D eigenvalue weighted by atomic mass is 127. The Balaban J connectivity index is 3.15. The van der Waals surface area contributed by atoms with Gasteiger partial charge in [0.05, 0.1) is 6.10 Å². The van der Waals surface area contributed by atoms with Gasteiger partial charge in [-0.15, -0.1) is 0 Å². The Morgan fingerprint density at radius 3 is 2.38 bits per heavy atom. The summed E-state index contributed by atoms with van der Waals surface area (Å²) >= 11 is 1.95. The van der Waals surface area contributed by atoms with Crippen LogP contribution in [0.3, 0.4) is 0 Å². The van der Waals surface area contributed by atoms with Gasteiger partial charge in [-0.2, -0.15) is 0 Å². The first kappa shape index (κ1) is 10.6. The number of nitrogens with two attached hydrogens (primary N) is 1. The van der Waals surface area contributed by atoms with Gasteiger partial charge in [-0.1, -0.05) is 0 Å². The number of halogens is 1. The summed E-state index contributed by atoms with van der Waals surface area (Å²) in [6, 6.07) is 2.69. The van der Waals surface area contributed by atoms with Crippen LogP contribution in [0.5, 0.6) is 11.5 Å². The summed E-state index contributed by atoms with van der Waals surface area (Å²) in [6.07, 6.45) is -0.807. The van der Waals surface area contributed by atoms with E-state index >= 15 is 0 Å². The number of aliphatic hydroxyl groups is 1. The maximum Gasteiger partial charge on any atom is 0.158 e. The van der Waals surface area contributed by atoms with Gasteiger partial charge in [0, 0.05) is 10.1 Å². The van der Waals surface area contributed by atoms with Gasteiger partial charge in [0.15, 0.2) is 11.5 Å². The quantitative estimate of drug-likeness (QED) is 0.478. The minimum Gasteiger partial charge on any atom is -0.504 e. The molecule has 13 heavy (non-hydrogen) atoms. The molecule has 0 amide bonds. The minimum atomic E-state index is -0.807. The molecule has 0 spiro atoms. The smallest absolute Gasteiger partial charge is 0.158 e. The summed E-state index contributed by atoms with van der Waals surface area (Å²) in [7, 11) is 0. The lowest BCUT2D eigenvalue weighted by Gasteiger charge is -2.11. The molecule has 5 heteroatoms. The van der Waals surface area contributed by atoms with E-state index in [1.807, 2.05) is 22.6 Å². The van der Waals surface area contributed by atoms with E-state index in [-0.39, 0.29) is 18.0 Å². The average molecular weight is 295 g/mol. The van der Waals surface area contributed by atoms with Crippen molar-refractivity contribution in [2.24, 2.45) is 5.73 Å². The third-order valence-electron chi connectivity index (χ3n) is 1.68. The van der Waals surface area contributed by atoms with Crippen LogP contribution in [0.1, 0.15) is 11.7 Å². The second-order valence-electron chi connectivity index (χ2n) is 2.61. The molecule has 0 heterocycles. The Kier molecular flexibility index (Phi) is 3.34. The van der Waals surface area contributed by atoms with Crippen LogP contribution < -0.4 is 5.73 Å². The van der Waals surface area contributed by atoms with Crippen LogP contribution in [-0.4, -0.2) is 21.9 Å². The van der Waals surface area contributed by atoms with Gasteiger partial charge in [-0.25, -0.2) is 0 Å². The van der Waals surface area contributed by atoms with E-state index in [9.17, 15) is 5.11 Å². The Morgan fingerprint density at radius 2 is 1.85 bits per heavy atom. The zero-order valence-electron chi connectivity index (χ0n) is 6.74. The summed E-state index contributed by atoms with van der Waals surface area (Å²) in [4.78, 5) is 0. The molecule has 4 nitrogen and oxygen atoms in total. The molecule has 0 saturated heterocycles. The van der Waals surface area contributed by atoms with Gasteiger partial charge >= 0.3 is 0 Å². The molecule has 0 aliphatic carbocycles. The van der Waals surface area contributed by atoms with E-state index in [2.05, 4.69) is 0 Å². The van der Waals surface area contributed by atoms with Gasteiger partial charge in [0.1, 0.15) is 0 Å². The van der Waals surface area contributed by atoms with Crippen molar-refractivity contribution in [2.75, 3.05) is 6.54 Å². The predicted molar refractivity (Wildman–Crippen MR) is 56.5 cm³/mol. The first-order chi connectivity index (χ1) is 6.06. The van der Waals surface area contributed by atoms with Crippen molar-refractivity contribution in [1.29, 1.82) is 0 Å². The standard InChI is InChI=1S/C8H10INO3/c9-5-2-7(12)6(11)1-4(5)8(13)3-10/h1-2,8,11-13H,3,10H2/t8-/m0/s1. The third kappa shape index (κ3) is 2.23. The molecule has 0 radical (unpaired) electrons. The van der Waals surface area contributed by atoms with Crippen LogP contribution in [-0.2, 0) is 0 Å². The van der Waals surface area contributed by atoms with Gasteiger partial charge in [-0.05, 0) is 40.3 Å². The second kappa shape index (κ2) is 4.12. The van der Waals surface area contributed by atoms with Crippen LogP contribution in [0.4, 0.5) is 0 Å². The topological polar surface area (TPSA) is 86.7 Å². The number of phenols is 2. The molecule has 0 unspecified atom stereocenters. The number of aromatic hydroxyl groups is 2. The van der Waals surface area contributed by atoms with Crippen molar-refractivity contribution in [1.82, 2.24) is 0 Å². The largest absolute Gasteiger partial charge is 0.504 e. The number of benzene rings is 1. The summed E-state index contributed by atoms with van der Waals surface area (Å²) in [5, 5.41) is 27.7. The first-order valence-corrected chi connectivity index (χ1v) is 4.73. The molecule has 1 atom stereocenters. The second-order valence-corrected chi connectivity index (χ2v) is 3.78. The highest BCUT2D eigenvalue weighted by molar-refractivity contribution is 14.1. The monoisotopic (exact) mass is 295 g/mol. The minimum absolute atomic E-state index is 0.0835. The Labute approximate surface area is 89.1 Å². The van der Waals surface area contributed by atoms with E-state index in [1.54, 1.807) is 0 Å². The maximum absolute atomic E-state index is 9.40. The van der Waals surface area contributed by atoms with Gasteiger partial charge < -0.3 is 21.1 Å². The Bertz CT molecular complexity index is 317. The Hall–Kier alpha value is -0.530. The third-order valence-corrected chi connectivity index (χ3v) is 2.61. The van der Waals surface area contributed by atoms with E-state index in [4.69, 9.17) is 15.9 Å². The zero-order valence-corrected chi connectivity index (χ0v) is 8.89. The zero-order chi connectivity index (χ0) is 10.0. The fraction of sp³-hybridized carbons (Fsp3) is 0.250. The Morgan fingerprint density at radius 1 is 1.31 bits per heavy atom. The van der Waals surface area contributed by atoms with Crippen molar-refractivity contribution in [3.05, 3.63) is 21.3 Å². The molecule has 1 rings (SSSR count). The molecule has 72 valence electrons. The number of hydrogen-bond donors (Lipinski definition) is 4. The van der Waals surface area contributed by atoms with Gasteiger partial charge in [-0.3, -0.25) is 0 Å². The van der Waals surface area contributed by atoms with Crippen molar-refractivity contribution < 1.29 is 15.3 Å². The van der Waals surface area contributed by atoms with Crippen LogP contribution in [0.2, 0.25) is 0 Å². The van der Waals surface area contributed by atoms with Gasteiger partial charge in [0.2, 0.25) is 0 Å². The van der Waals surface area contributed by atoms with Crippen LogP contribution in [0.15, 0.2) is 12.1 Å². The summed E-state index contributed by atoms with van der Waals surface area (Å²) < 4.78 is 0.672. The highest BCUT2D eigenvalue weighted by Gasteiger charge is 2.12. The number of aliphatic hydroxyl groups excluding tert-OH is 1. The molecule has 1 aromatic carbocycles. The lowest BCUT2D eigenvalue weighted by molar-refractivity contribution is 0.185. The van der Waals surface area contributed by atoms with E-state index in [0.29, 0.717) is 9.13 Å². The van der Waals surface area contributed by atoms with Crippen molar-refractivity contribution in [3.8, 4) is 11.5 Å². The SMILES string of the molecule is NC[C@H](O)c1cc(O)c(O)cc1I. The van der Waals surface area contributed by atoms with Crippen molar-refractivity contribution in [2.45, 2.75) is 6.10 Å². The summed E-state index contributed by atoms with van der Waals surface area (Å²) in [5.41, 5.74) is 5.79. The summed E-state index contributed by atoms with van der Waals surface area (Å²) in [5.74, 6) is -0.444. The molecule has 5 N–H and O–H groups in total. The fourth-order valence-electron chi connectivity index (χ4n) is 0.950. The molecule has 0 fully saturated rings. The first-order valence-electron chi connectivity index (χ1n) is 3.65. The number of phenolic OH excluding ortho intramolecular Hbond substituents is 2. The fourth-order valence-corrected chi connectivity index (χ4v) is 1.76. The highest BCUT2D eigenvalue weighted by Crippen LogP contribution is 2.31. The van der Waals surface area contributed by atoms with E-state index < -0.39 is 6.10 Å². The lowest BCUT2D eigenvalue weighted by Crippen LogP contribution is -2.12. The number of hydrogen-bond acceptors (Lipinski definition) is 4. The predicted octanol–water partition coefficient (Wildman–Crippen LogP) is 0.694. The maximum atomic E-state index is 9.40. The number of rotatable bonds is 2. The molecule has 0 aromatic heterocycles. The van der Waals surface area contributed by atoms with Gasteiger partial charge in [0.25, 0.3) is 0 Å². The van der Waals surface area contributed by atoms with Crippen molar-refractivity contribution in [3.63, 3.8) is 0 Å². The van der Waals surface area contributed by atoms with Crippen molar-refractivity contribution >= 4 is 22.6 Å². The van der Waals surface area contributed by atoms with E-state index in [1.165, 1.54) is 12.1 Å². The molecule has 0 saturated carbocycles. The summed E-state index contributed by atoms with van der Waals surface area (Å²) in [6.45, 7) is 0.0835. The van der Waals surface area contributed by atoms with Crippen LogP contribution >= 0.6 is 22.6 Å². The molecule has 0 aliphatic heterocycles. The lowest BCUT2D eigenvalue weighted by atomic mass is 10.1. The normalized spacial score (nSPS) is 12.8. The molecule has 1 aromatic rings. The van der Waals surface area contributed by atoms with E-state index in [0.717, 1.165) is 0 Å². The molecular weight excluding hydrogens is 285 g/mol. The molecule has 0 bridgehead atoms. The molecular formula is C8H10INO3. The average Bonchev–Trinajstić information content (AvgIpc) is 2.10. The van der Waals surface area contributed by atoms with Crippen LogP contribution in [0.25, 0.3) is 0 Å². The van der Waals surface area contributed by atoms with Crippen LogP contribution in [0, 0.1) is 3.57 Å².